The highest BCUT2D eigenvalue weighted by atomic mass is 16.5. The summed E-state index contributed by atoms with van der Waals surface area (Å²) in [5.74, 6) is 0.665. The van der Waals surface area contributed by atoms with Crippen LogP contribution in [-0.4, -0.2) is 42.8 Å². The molecule has 0 radical (unpaired) electrons. The fourth-order valence-corrected chi connectivity index (χ4v) is 2.25. The molecular formula is C13H26N2O2. The highest BCUT2D eigenvalue weighted by Gasteiger charge is 2.35. The molecule has 1 heterocycles. The lowest BCUT2D eigenvalue weighted by Crippen LogP contribution is -2.44. The summed E-state index contributed by atoms with van der Waals surface area (Å²) in [6, 6.07) is 0.208. The van der Waals surface area contributed by atoms with E-state index in [1.54, 1.807) is 0 Å². The molecule has 100 valence electrons. The zero-order chi connectivity index (χ0) is 12.8. The minimum absolute atomic E-state index is 0.0166. The Kier molecular flexibility index (Phi) is 5.92. The predicted octanol–water partition coefficient (Wildman–Crippen LogP) is 1.61. The molecule has 1 N–H and O–H groups in total. The van der Waals surface area contributed by atoms with E-state index in [0.717, 1.165) is 12.8 Å². The van der Waals surface area contributed by atoms with Gasteiger partial charge in [-0.3, -0.25) is 10.1 Å². The smallest absolute Gasteiger partial charge is 0.241 e. The van der Waals surface area contributed by atoms with Crippen LogP contribution in [-0.2, 0) is 9.53 Å². The maximum absolute atomic E-state index is 12.2. The zero-order valence-corrected chi connectivity index (χ0v) is 11.5. The first-order chi connectivity index (χ1) is 8.11. The molecule has 0 aliphatic carbocycles. The van der Waals surface area contributed by atoms with Crippen LogP contribution >= 0.6 is 0 Å². The average Bonchev–Trinajstić information content (AvgIpc) is 2.63. The Morgan fingerprint density at radius 2 is 2.18 bits per heavy atom. The fourth-order valence-electron chi connectivity index (χ4n) is 2.25. The van der Waals surface area contributed by atoms with Gasteiger partial charge in [-0.2, -0.15) is 0 Å². The summed E-state index contributed by atoms with van der Waals surface area (Å²) in [6.07, 6.45) is 1.96. The first kappa shape index (κ1) is 14.5. The van der Waals surface area contributed by atoms with Crippen LogP contribution in [0.2, 0.25) is 0 Å². The molecule has 1 rings (SSSR count). The molecule has 0 aromatic carbocycles. The lowest BCUT2D eigenvalue weighted by atomic mass is 10.0. The van der Waals surface area contributed by atoms with Gasteiger partial charge in [0.25, 0.3) is 0 Å². The number of rotatable bonds is 7. The highest BCUT2D eigenvalue weighted by molar-refractivity contribution is 5.84. The van der Waals surface area contributed by atoms with E-state index in [1.165, 1.54) is 0 Å². The van der Waals surface area contributed by atoms with Gasteiger partial charge in [-0.25, -0.2) is 0 Å². The number of ether oxygens (including phenoxy) is 1. The number of carbonyl (C=O) groups excluding carboxylic acids is 1. The minimum Gasteiger partial charge on any atom is -0.380 e. The lowest BCUT2D eigenvalue weighted by molar-refractivity contribution is -0.133. The van der Waals surface area contributed by atoms with E-state index in [2.05, 4.69) is 26.1 Å². The summed E-state index contributed by atoms with van der Waals surface area (Å²) >= 11 is 0. The van der Waals surface area contributed by atoms with E-state index in [1.807, 2.05) is 11.8 Å². The van der Waals surface area contributed by atoms with Crippen LogP contribution in [0.3, 0.4) is 0 Å². The Hall–Kier alpha value is -0.610. The molecule has 1 amide bonds. The average molecular weight is 242 g/mol. The van der Waals surface area contributed by atoms with Crippen LogP contribution in [0.25, 0.3) is 0 Å². The van der Waals surface area contributed by atoms with Crippen molar-refractivity contribution >= 4 is 5.91 Å². The van der Waals surface area contributed by atoms with E-state index in [0.29, 0.717) is 25.8 Å². The van der Waals surface area contributed by atoms with Crippen molar-refractivity contribution in [2.24, 2.45) is 5.92 Å². The van der Waals surface area contributed by atoms with Crippen LogP contribution in [0.5, 0.6) is 0 Å². The lowest BCUT2D eigenvalue weighted by Gasteiger charge is -2.30. The highest BCUT2D eigenvalue weighted by Crippen LogP contribution is 2.17. The summed E-state index contributed by atoms with van der Waals surface area (Å²) in [7, 11) is 0. The summed E-state index contributed by atoms with van der Waals surface area (Å²) in [6.45, 7) is 10.4. The molecule has 2 atom stereocenters. The van der Waals surface area contributed by atoms with Gasteiger partial charge in [0.2, 0.25) is 5.91 Å². The predicted molar refractivity (Wildman–Crippen MR) is 68.7 cm³/mol. The molecule has 1 saturated heterocycles. The molecule has 0 saturated carbocycles. The van der Waals surface area contributed by atoms with E-state index in [9.17, 15) is 4.79 Å². The molecule has 2 unspecified atom stereocenters. The molecule has 4 nitrogen and oxygen atoms in total. The molecule has 1 fully saturated rings. The topological polar surface area (TPSA) is 41.6 Å². The second-order valence-electron chi connectivity index (χ2n) is 4.98. The van der Waals surface area contributed by atoms with Gasteiger partial charge < -0.3 is 9.64 Å². The normalized spacial score (nSPS) is 22.5. The molecule has 0 spiro atoms. The summed E-state index contributed by atoms with van der Waals surface area (Å²) in [5, 5.41) is 3.29. The molecule has 0 aromatic rings. The van der Waals surface area contributed by atoms with Gasteiger partial charge in [0.05, 0.1) is 25.4 Å². The number of carbonyl (C=O) groups is 1. The second kappa shape index (κ2) is 6.97. The van der Waals surface area contributed by atoms with Gasteiger partial charge >= 0.3 is 0 Å². The second-order valence-corrected chi connectivity index (χ2v) is 4.98. The number of nitrogens with one attached hydrogen (secondary N) is 1. The molecule has 4 heteroatoms. The van der Waals surface area contributed by atoms with Crippen LogP contribution < -0.4 is 5.32 Å². The van der Waals surface area contributed by atoms with Crippen molar-refractivity contribution in [3.8, 4) is 0 Å². The molecular weight excluding hydrogens is 216 g/mol. The monoisotopic (exact) mass is 242 g/mol. The van der Waals surface area contributed by atoms with Crippen molar-refractivity contribution < 1.29 is 9.53 Å². The van der Waals surface area contributed by atoms with Gasteiger partial charge in [-0.15, -0.1) is 0 Å². The number of hydrogen-bond donors (Lipinski definition) is 1. The third-order valence-corrected chi connectivity index (χ3v) is 3.33. The Bertz CT molecular complexity index is 244. The van der Waals surface area contributed by atoms with Crippen LogP contribution in [0.4, 0.5) is 0 Å². The van der Waals surface area contributed by atoms with Crippen molar-refractivity contribution in [1.82, 2.24) is 10.2 Å². The third kappa shape index (κ3) is 3.68. The summed E-state index contributed by atoms with van der Waals surface area (Å²) in [5.41, 5.74) is 0. The van der Waals surface area contributed by atoms with Crippen LogP contribution in [0.1, 0.15) is 40.5 Å². The summed E-state index contributed by atoms with van der Waals surface area (Å²) in [4.78, 5) is 14.2. The molecule has 17 heavy (non-hydrogen) atoms. The molecule has 1 aliphatic rings. The van der Waals surface area contributed by atoms with E-state index >= 15 is 0 Å². The van der Waals surface area contributed by atoms with Crippen molar-refractivity contribution in [2.75, 3.05) is 19.9 Å². The van der Waals surface area contributed by atoms with Gasteiger partial charge in [0.1, 0.15) is 0 Å². The number of nitrogens with zero attached hydrogens (tertiary/aromatic N) is 1. The van der Waals surface area contributed by atoms with E-state index in [4.69, 9.17) is 4.74 Å². The third-order valence-electron chi connectivity index (χ3n) is 3.33. The number of amides is 1. The zero-order valence-electron chi connectivity index (χ0n) is 11.5. The van der Waals surface area contributed by atoms with E-state index < -0.39 is 0 Å². The summed E-state index contributed by atoms with van der Waals surface area (Å²) < 4.78 is 5.49. The van der Waals surface area contributed by atoms with Crippen LogP contribution in [0, 0.1) is 5.92 Å². The van der Waals surface area contributed by atoms with Crippen LogP contribution in [0.15, 0.2) is 0 Å². The van der Waals surface area contributed by atoms with Crippen molar-refractivity contribution in [2.45, 2.75) is 52.6 Å². The Morgan fingerprint density at radius 1 is 1.47 bits per heavy atom. The van der Waals surface area contributed by atoms with Crippen molar-refractivity contribution in [3.05, 3.63) is 0 Å². The first-order valence-corrected chi connectivity index (χ1v) is 6.73. The standard InChI is InChI=1S/C13H26N2O2/c1-5-7-11-13(16)15(9-14-11)12(10(3)4)8-17-6-2/h10-12,14H,5-9H2,1-4H3. The largest absolute Gasteiger partial charge is 0.380 e. The Balaban J connectivity index is 2.60. The Morgan fingerprint density at radius 3 is 2.71 bits per heavy atom. The van der Waals surface area contributed by atoms with E-state index in [-0.39, 0.29) is 18.0 Å². The van der Waals surface area contributed by atoms with Crippen molar-refractivity contribution in [1.29, 1.82) is 0 Å². The Labute approximate surface area is 105 Å². The maximum atomic E-state index is 12.2. The first-order valence-electron chi connectivity index (χ1n) is 6.73. The van der Waals surface area contributed by atoms with Gasteiger partial charge in [-0.05, 0) is 19.3 Å². The maximum Gasteiger partial charge on any atom is 0.241 e. The molecule has 1 aliphatic heterocycles. The fraction of sp³-hybridized carbons (Fsp3) is 0.923. The quantitative estimate of drug-likeness (QED) is 0.737. The minimum atomic E-state index is 0.0166. The van der Waals surface area contributed by atoms with Crippen molar-refractivity contribution in [3.63, 3.8) is 0 Å². The van der Waals surface area contributed by atoms with Gasteiger partial charge in [0, 0.05) is 6.61 Å². The molecule has 0 bridgehead atoms. The molecule has 0 aromatic heterocycles. The number of hydrogen-bond acceptors (Lipinski definition) is 3. The van der Waals surface area contributed by atoms with Gasteiger partial charge in [-0.1, -0.05) is 27.2 Å². The SMILES string of the molecule is CCCC1NCN(C(COCC)C(C)C)C1=O. The van der Waals surface area contributed by atoms with Gasteiger partial charge in [0.15, 0.2) is 0 Å².